The Balaban J connectivity index is 0.000000540. The minimum absolute atomic E-state index is 0.0208. The van der Waals surface area contributed by atoms with Crippen LogP contribution in [0.2, 0.25) is 0 Å². The Morgan fingerprint density at radius 1 is 1.40 bits per heavy atom. The maximum absolute atomic E-state index is 10.2. The van der Waals surface area contributed by atoms with Crippen molar-refractivity contribution in [2.75, 3.05) is 20.3 Å². The monoisotopic (exact) mass is 560 g/mol. The number of hydrogen-bond acceptors (Lipinski definition) is 5. The molecule has 0 saturated heterocycles. The number of halogens is 1. The number of carbonyl (C=O) groups is 1. The third kappa shape index (κ3) is 11.1. The Bertz CT molecular complexity index is 1060. The lowest BCUT2D eigenvalue weighted by Gasteiger charge is -2.16. The third-order valence-electron chi connectivity index (χ3n) is 4.63. The molecule has 3 aromatic rings. The highest BCUT2D eigenvalue weighted by molar-refractivity contribution is 9.10. The molecule has 3 heterocycles. The second-order valence-corrected chi connectivity index (χ2v) is 9.10. The molecule has 0 radical (unpaired) electrons. The van der Waals surface area contributed by atoms with Crippen molar-refractivity contribution in [3.8, 4) is 23.3 Å². The van der Waals surface area contributed by atoms with Crippen molar-refractivity contribution in [2.24, 2.45) is 5.73 Å². The van der Waals surface area contributed by atoms with Crippen LogP contribution in [0.25, 0.3) is 21.5 Å². The number of aryl methyl sites for hydroxylation is 1. The molecule has 35 heavy (non-hydrogen) atoms. The predicted molar refractivity (Wildman–Crippen MR) is 155 cm³/mol. The summed E-state index contributed by atoms with van der Waals surface area (Å²) in [6.07, 6.45) is 18.2. The van der Waals surface area contributed by atoms with Gasteiger partial charge in [-0.05, 0) is 53.9 Å². The van der Waals surface area contributed by atoms with Gasteiger partial charge in [0.25, 0.3) is 0 Å². The van der Waals surface area contributed by atoms with Crippen molar-refractivity contribution < 1.29 is 9.53 Å². The zero-order valence-electron chi connectivity index (χ0n) is 21.0. The normalized spacial score (nSPS) is 11.0. The highest BCUT2D eigenvalue weighted by Crippen LogP contribution is 2.38. The number of nitrogens with one attached hydrogen (secondary N) is 2. The molecule has 3 rings (SSSR count). The summed E-state index contributed by atoms with van der Waals surface area (Å²) in [6.45, 7) is 10.8. The van der Waals surface area contributed by atoms with E-state index in [1.165, 1.54) is 26.3 Å². The second-order valence-electron chi connectivity index (χ2n) is 6.99. The first-order valence-corrected chi connectivity index (χ1v) is 12.8. The van der Waals surface area contributed by atoms with Crippen LogP contribution in [0.4, 0.5) is 0 Å². The van der Waals surface area contributed by atoms with Crippen LogP contribution in [-0.4, -0.2) is 42.7 Å². The van der Waals surface area contributed by atoms with Crippen LogP contribution in [0.3, 0.4) is 0 Å². The molecular weight excluding hydrogens is 524 g/mol. The molecule has 0 spiro atoms. The molecule has 0 aliphatic carbocycles. The fraction of sp³-hybridized carbons (Fsp3) is 0.333. The minimum atomic E-state index is 0.0208. The summed E-state index contributed by atoms with van der Waals surface area (Å²) >= 11 is 5.40. The van der Waals surface area contributed by atoms with Crippen molar-refractivity contribution in [2.45, 2.75) is 39.7 Å². The summed E-state index contributed by atoms with van der Waals surface area (Å²) in [5, 5.41) is 3.87. The topological polar surface area (TPSA) is 93.0 Å². The number of H-pyrrole nitrogens is 1. The molecule has 190 valence electrons. The van der Waals surface area contributed by atoms with E-state index in [1.54, 1.807) is 24.5 Å². The number of nitrogens with zero attached hydrogens (tertiary/aromatic N) is 1. The van der Waals surface area contributed by atoms with E-state index in [9.17, 15) is 4.79 Å². The van der Waals surface area contributed by atoms with Gasteiger partial charge >= 0.3 is 0 Å². The van der Waals surface area contributed by atoms with E-state index >= 15 is 0 Å². The lowest BCUT2D eigenvalue weighted by Crippen LogP contribution is -2.36. The molecule has 0 saturated carbocycles. The molecule has 8 heteroatoms. The number of thiophene rings is 1. The number of rotatable bonds is 9. The Kier molecular flexibility index (Phi) is 18.1. The van der Waals surface area contributed by atoms with Crippen molar-refractivity contribution in [1.29, 1.82) is 0 Å². The maximum atomic E-state index is 10.2. The maximum Gasteiger partial charge on any atom is 0.207 e. The number of aromatic nitrogens is 2. The van der Waals surface area contributed by atoms with Gasteiger partial charge < -0.3 is 20.8 Å². The van der Waals surface area contributed by atoms with Crippen molar-refractivity contribution in [1.82, 2.24) is 15.3 Å². The molecule has 0 aliphatic rings. The van der Waals surface area contributed by atoms with Crippen molar-refractivity contribution in [3.05, 3.63) is 64.2 Å². The second kappa shape index (κ2) is 19.6. The van der Waals surface area contributed by atoms with Crippen LogP contribution >= 0.6 is 27.3 Å². The number of nitrogens with two attached hydrogens (primary N) is 1. The summed E-state index contributed by atoms with van der Waals surface area (Å²) in [5.41, 5.74) is 8.89. The summed E-state index contributed by atoms with van der Waals surface area (Å²) in [4.78, 5) is 20.2. The lowest BCUT2D eigenvalue weighted by molar-refractivity contribution is -0.109. The summed E-state index contributed by atoms with van der Waals surface area (Å²) in [6, 6.07) is 6.30. The highest BCUT2D eigenvalue weighted by atomic mass is 79.9. The molecule has 0 fully saturated rings. The van der Waals surface area contributed by atoms with Gasteiger partial charge in [-0.15, -0.1) is 30.8 Å². The molecule has 3 aromatic heterocycles. The van der Waals surface area contributed by atoms with Crippen LogP contribution in [0.15, 0.2) is 59.4 Å². The molecule has 1 atom stereocenters. The van der Waals surface area contributed by atoms with Gasteiger partial charge in [0.15, 0.2) is 0 Å². The number of carbonyl (C=O) groups excluding carboxylic acids is 1. The number of pyridine rings is 1. The SMILES string of the molecule is C#C.C=CCOC.CC/C=C(\CC)C(CN)NC=O.Cc1cc(Br)c(-c2ccnc3[nH]ccc23)s1. The average Bonchev–Trinajstić information content (AvgIpc) is 3.49. The fourth-order valence-corrected chi connectivity index (χ4v) is 5.04. The molecule has 1 amide bonds. The standard InChI is InChI=1S/C12H9BrN2S.C9H18N2O.C4H8O.C2H2/c1-7-6-10(13)11(16-7)8-2-4-14-12-9(8)3-5-15-12;1-3-5-8(4-2)9(6-10)11-7-12;1-3-4-5-2;1-2/h2-6H,1H3,(H,14,15);5,7,9H,3-4,6,10H2,1-2H3,(H,11,12);3H,1,4H2,2H3;1-2H/b;8-5+;;. The predicted octanol–water partition coefficient (Wildman–Crippen LogP) is 6.24. The van der Waals surface area contributed by atoms with Crippen LogP contribution in [0, 0.1) is 19.8 Å². The molecule has 0 bridgehead atoms. The van der Waals surface area contributed by atoms with Gasteiger partial charge in [-0.25, -0.2) is 4.98 Å². The fourth-order valence-electron chi connectivity index (χ4n) is 3.15. The van der Waals surface area contributed by atoms with E-state index < -0.39 is 0 Å². The molecule has 0 aliphatic heterocycles. The summed E-state index contributed by atoms with van der Waals surface area (Å²) < 4.78 is 5.73. The van der Waals surface area contributed by atoms with Crippen molar-refractivity contribution >= 4 is 44.7 Å². The zero-order chi connectivity index (χ0) is 26.6. The van der Waals surface area contributed by atoms with Gasteiger partial charge in [0.2, 0.25) is 6.41 Å². The Morgan fingerprint density at radius 3 is 2.57 bits per heavy atom. The van der Waals surface area contributed by atoms with Gasteiger partial charge in [0.1, 0.15) is 5.65 Å². The smallest absolute Gasteiger partial charge is 0.207 e. The van der Waals surface area contributed by atoms with E-state index in [0.717, 1.165) is 23.0 Å². The first kappa shape index (κ1) is 32.3. The van der Waals surface area contributed by atoms with E-state index in [1.807, 2.05) is 12.4 Å². The van der Waals surface area contributed by atoms with Gasteiger partial charge in [-0.1, -0.05) is 31.6 Å². The molecule has 0 aromatic carbocycles. The van der Waals surface area contributed by atoms with Gasteiger partial charge in [-0.2, -0.15) is 0 Å². The van der Waals surface area contributed by atoms with Gasteiger partial charge in [-0.3, -0.25) is 4.79 Å². The number of terminal acetylenes is 1. The quantitative estimate of drug-likeness (QED) is 0.164. The van der Waals surface area contributed by atoms with Crippen LogP contribution < -0.4 is 11.1 Å². The number of hydrogen-bond donors (Lipinski definition) is 3. The molecule has 6 nitrogen and oxygen atoms in total. The Hall–Kier alpha value is -2.70. The number of allylic oxidation sites excluding steroid dienone is 1. The number of fused-ring (bicyclic) bond motifs is 1. The Labute approximate surface area is 222 Å². The number of ether oxygens (including phenoxy) is 1. The van der Waals surface area contributed by atoms with E-state index in [4.69, 9.17) is 5.73 Å². The van der Waals surface area contributed by atoms with E-state index in [-0.39, 0.29) is 6.04 Å². The Morgan fingerprint density at radius 2 is 2.11 bits per heavy atom. The van der Waals surface area contributed by atoms with Crippen molar-refractivity contribution in [3.63, 3.8) is 0 Å². The van der Waals surface area contributed by atoms with E-state index in [0.29, 0.717) is 19.6 Å². The zero-order valence-corrected chi connectivity index (χ0v) is 23.4. The first-order chi connectivity index (χ1) is 17.0. The average molecular weight is 562 g/mol. The lowest BCUT2D eigenvalue weighted by atomic mass is 10.0. The number of methoxy groups -OCH3 is 1. The third-order valence-corrected chi connectivity index (χ3v) is 6.60. The van der Waals surface area contributed by atoms with Gasteiger partial charge in [0.05, 0.1) is 12.6 Å². The summed E-state index contributed by atoms with van der Waals surface area (Å²) in [7, 11) is 1.64. The molecular formula is C27H37BrN4O2S. The summed E-state index contributed by atoms with van der Waals surface area (Å²) in [5.74, 6) is 0. The molecule has 1 unspecified atom stereocenters. The first-order valence-electron chi connectivity index (χ1n) is 11.2. The van der Waals surface area contributed by atoms with Crippen LogP contribution in [-0.2, 0) is 9.53 Å². The van der Waals surface area contributed by atoms with E-state index in [2.05, 4.69) is 100 Å². The van der Waals surface area contributed by atoms with Gasteiger partial charge in [0, 0.05) is 51.2 Å². The minimum Gasteiger partial charge on any atom is -0.381 e. The highest BCUT2D eigenvalue weighted by Gasteiger charge is 2.11. The van der Waals surface area contributed by atoms with Crippen LogP contribution in [0.1, 0.15) is 31.6 Å². The number of amides is 1. The molecule has 4 N–H and O–H groups in total. The van der Waals surface area contributed by atoms with Crippen LogP contribution in [0.5, 0.6) is 0 Å². The number of aromatic amines is 1. The largest absolute Gasteiger partial charge is 0.381 e.